The molecule has 0 N–H and O–H groups in total. The van der Waals surface area contributed by atoms with Crippen molar-refractivity contribution in [2.45, 2.75) is 26.4 Å². The molecule has 0 saturated carbocycles. The van der Waals surface area contributed by atoms with E-state index in [2.05, 4.69) is 16.1 Å². The van der Waals surface area contributed by atoms with Crippen molar-refractivity contribution in [2.75, 3.05) is 20.2 Å². The highest BCUT2D eigenvalue weighted by atomic mass is 16.6. The van der Waals surface area contributed by atoms with E-state index in [9.17, 15) is 9.59 Å². The van der Waals surface area contributed by atoms with Gasteiger partial charge in [-0.05, 0) is 13.8 Å². The molecule has 1 aliphatic rings. The number of carbonyl (C=O) groups is 2. The molecule has 17 heavy (non-hydrogen) atoms. The van der Waals surface area contributed by atoms with E-state index in [1.807, 2.05) is 13.8 Å². The van der Waals surface area contributed by atoms with Crippen LogP contribution in [-0.4, -0.2) is 49.3 Å². The first-order valence-electron chi connectivity index (χ1n) is 5.61. The number of hydrogen-bond acceptors (Lipinski definition) is 5. The molecule has 0 aromatic carbocycles. The zero-order valence-corrected chi connectivity index (χ0v) is 10.3. The number of rotatable bonds is 5. The largest absolute Gasteiger partial charge is 0.468 e. The Morgan fingerprint density at radius 1 is 1.53 bits per heavy atom. The van der Waals surface area contributed by atoms with E-state index in [-0.39, 0.29) is 5.91 Å². The van der Waals surface area contributed by atoms with E-state index in [1.54, 1.807) is 4.90 Å². The number of ether oxygens (including phenoxy) is 1. The first kappa shape index (κ1) is 13.5. The second kappa shape index (κ2) is 6.22. The van der Waals surface area contributed by atoms with Gasteiger partial charge in [0.1, 0.15) is 6.21 Å². The average molecular weight is 241 g/mol. The number of carbonyl (C=O) groups excluding carboxylic acids is 2. The van der Waals surface area contributed by atoms with Crippen LogP contribution in [-0.2, 0) is 19.2 Å². The smallest absolute Gasteiger partial charge is 0.322 e. The molecule has 0 saturated heterocycles. The topological polar surface area (TPSA) is 68.2 Å². The minimum absolute atomic E-state index is 0.286. The van der Waals surface area contributed by atoms with Gasteiger partial charge in [0.2, 0.25) is 5.91 Å². The third-order valence-corrected chi connectivity index (χ3v) is 2.71. The summed E-state index contributed by atoms with van der Waals surface area (Å²) in [6.45, 7) is 4.79. The maximum Gasteiger partial charge on any atom is 0.322 e. The van der Waals surface area contributed by atoms with Crippen LogP contribution in [0.2, 0.25) is 0 Å². The van der Waals surface area contributed by atoms with Crippen molar-refractivity contribution in [3.8, 4) is 0 Å². The Morgan fingerprint density at radius 3 is 2.59 bits per heavy atom. The van der Waals surface area contributed by atoms with Crippen molar-refractivity contribution < 1.29 is 19.2 Å². The highest BCUT2D eigenvalue weighted by Crippen LogP contribution is 2.19. The van der Waals surface area contributed by atoms with Gasteiger partial charge in [-0.1, -0.05) is 5.16 Å². The lowest BCUT2D eigenvalue weighted by Crippen LogP contribution is -2.45. The van der Waals surface area contributed by atoms with Crippen molar-refractivity contribution >= 4 is 18.1 Å². The van der Waals surface area contributed by atoms with Crippen molar-refractivity contribution in [3.63, 3.8) is 0 Å². The zero-order chi connectivity index (χ0) is 12.8. The molecule has 0 aliphatic carbocycles. The quantitative estimate of drug-likeness (QED) is 0.512. The summed E-state index contributed by atoms with van der Waals surface area (Å²) >= 11 is 0. The average Bonchev–Trinajstić information content (AvgIpc) is 2.84. The molecule has 2 unspecified atom stereocenters. The van der Waals surface area contributed by atoms with Crippen LogP contribution in [0.25, 0.3) is 0 Å². The van der Waals surface area contributed by atoms with Gasteiger partial charge < -0.3 is 14.5 Å². The second-order valence-electron chi connectivity index (χ2n) is 3.61. The summed E-state index contributed by atoms with van der Waals surface area (Å²) in [5.41, 5.74) is 0. The highest BCUT2D eigenvalue weighted by molar-refractivity contribution is 5.98. The molecule has 1 radical (unpaired) electrons. The van der Waals surface area contributed by atoms with E-state index in [4.69, 9.17) is 4.84 Å². The Labute approximate surface area is 101 Å². The number of hydrogen-bond donors (Lipinski definition) is 0. The number of nitrogens with zero attached hydrogens (tertiary/aromatic N) is 2. The van der Waals surface area contributed by atoms with Crippen LogP contribution in [0.5, 0.6) is 0 Å². The van der Waals surface area contributed by atoms with Crippen LogP contribution < -0.4 is 0 Å². The standard InChI is InChI=1S/C11H17N2O4/c1-4-13(5-2)10(14)9(11(15)16-3)8-6-7-12-17-8/h8-9H,4-6H2,1-3H3. The molecular formula is C11H17N2O4. The predicted octanol–water partition coefficient (Wildman–Crippen LogP) is 0.296. The van der Waals surface area contributed by atoms with Crippen LogP contribution in [0.15, 0.2) is 5.16 Å². The molecule has 6 heteroatoms. The van der Waals surface area contributed by atoms with Gasteiger partial charge in [-0.2, -0.15) is 0 Å². The van der Waals surface area contributed by atoms with Crippen molar-refractivity contribution in [2.24, 2.45) is 11.1 Å². The Morgan fingerprint density at radius 2 is 2.18 bits per heavy atom. The predicted molar refractivity (Wildman–Crippen MR) is 60.4 cm³/mol. The molecule has 0 fully saturated rings. The first-order chi connectivity index (χ1) is 8.15. The number of methoxy groups -OCH3 is 1. The zero-order valence-electron chi connectivity index (χ0n) is 10.3. The Bertz CT molecular complexity index is 305. The third-order valence-electron chi connectivity index (χ3n) is 2.71. The lowest BCUT2D eigenvalue weighted by Gasteiger charge is -2.25. The highest BCUT2D eigenvalue weighted by Gasteiger charge is 2.40. The maximum atomic E-state index is 12.2. The minimum atomic E-state index is -0.960. The van der Waals surface area contributed by atoms with Gasteiger partial charge in [-0.25, -0.2) is 0 Å². The van der Waals surface area contributed by atoms with E-state index in [0.717, 1.165) is 0 Å². The molecule has 0 aromatic heterocycles. The summed E-state index contributed by atoms with van der Waals surface area (Å²) in [5.74, 6) is -1.84. The van der Waals surface area contributed by atoms with Gasteiger partial charge in [-0.15, -0.1) is 0 Å². The van der Waals surface area contributed by atoms with Crippen LogP contribution in [0.1, 0.15) is 20.3 Å². The van der Waals surface area contributed by atoms with E-state index in [1.165, 1.54) is 7.11 Å². The summed E-state index contributed by atoms with van der Waals surface area (Å²) in [7, 11) is 1.25. The fourth-order valence-corrected chi connectivity index (χ4v) is 1.72. The molecule has 1 heterocycles. The van der Waals surface area contributed by atoms with Gasteiger partial charge in [0.15, 0.2) is 12.0 Å². The Kier molecular flexibility index (Phi) is 4.93. The lowest BCUT2D eigenvalue weighted by atomic mass is 9.98. The number of esters is 1. The van der Waals surface area contributed by atoms with Crippen LogP contribution in [0.3, 0.4) is 0 Å². The molecule has 0 aromatic rings. The first-order valence-corrected chi connectivity index (χ1v) is 5.61. The number of amides is 1. The van der Waals surface area contributed by atoms with Gasteiger partial charge in [0, 0.05) is 19.5 Å². The van der Waals surface area contributed by atoms with E-state index >= 15 is 0 Å². The van der Waals surface area contributed by atoms with Gasteiger partial charge >= 0.3 is 5.97 Å². The van der Waals surface area contributed by atoms with Gasteiger partial charge in [0.05, 0.1) is 7.11 Å². The van der Waals surface area contributed by atoms with Crippen molar-refractivity contribution in [1.82, 2.24) is 4.90 Å². The summed E-state index contributed by atoms with van der Waals surface area (Å²) < 4.78 is 4.65. The molecular weight excluding hydrogens is 224 g/mol. The summed E-state index contributed by atoms with van der Waals surface area (Å²) in [4.78, 5) is 30.4. The molecule has 0 spiro atoms. The van der Waals surface area contributed by atoms with E-state index < -0.39 is 18.0 Å². The summed E-state index contributed by atoms with van der Waals surface area (Å²) in [6.07, 6.45) is 2.31. The maximum absolute atomic E-state index is 12.2. The van der Waals surface area contributed by atoms with Crippen LogP contribution >= 0.6 is 0 Å². The fraction of sp³-hybridized carbons (Fsp3) is 0.727. The SMILES string of the molecule is CCN(CC)C(=O)C(C(=O)OC)C1C[C]=NO1. The second-order valence-corrected chi connectivity index (χ2v) is 3.61. The third kappa shape index (κ3) is 2.95. The Hall–Kier alpha value is -1.59. The molecule has 2 atom stereocenters. The van der Waals surface area contributed by atoms with Crippen LogP contribution in [0.4, 0.5) is 0 Å². The molecule has 1 rings (SSSR count). The minimum Gasteiger partial charge on any atom is -0.468 e. The van der Waals surface area contributed by atoms with Crippen LogP contribution in [0, 0.1) is 5.92 Å². The molecule has 1 aliphatic heterocycles. The fourth-order valence-electron chi connectivity index (χ4n) is 1.72. The Balaban J connectivity index is 2.82. The van der Waals surface area contributed by atoms with Crippen molar-refractivity contribution in [1.29, 1.82) is 0 Å². The lowest BCUT2D eigenvalue weighted by molar-refractivity contribution is -0.160. The monoisotopic (exact) mass is 241 g/mol. The molecule has 95 valence electrons. The van der Waals surface area contributed by atoms with E-state index in [0.29, 0.717) is 19.5 Å². The van der Waals surface area contributed by atoms with Gasteiger partial charge in [-0.3, -0.25) is 9.59 Å². The summed E-state index contributed by atoms with van der Waals surface area (Å²) in [5, 5.41) is 3.47. The molecule has 1 amide bonds. The van der Waals surface area contributed by atoms with Crippen molar-refractivity contribution in [3.05, 3.63) is 0 Å². The molecule has 0 bridgehead atoms. The molecule has 6 nitrogen and oxygen atoms in total. The van der Waals surface area contributed by atoms with Gasteiger partial charge in [0.25, 0.3) is 0 Å². The summed E-state index contributed by atoms with van der Waals surface area (Å²) in [6, 6.07) is 0. The normalized spacial score (nSPS) is 19.6.